The number of anilines is 1. The molecule has 0 saturated carbocycles. The number of aliphatic imine (C=N–C) groups is 1. The first-order chi connectivity index (χ1) is 13.2. The zero-order valence-corrected chi connectivity index (χ0v) is 17.4. The Labute approximate surface area is 166 Å². The van der Waals surface area contributed by atoms with E-state index in [1.165, 1.54) is 4.88 Å². The van der Waals surface area contributed by atoms with Crippen LogP contribution in [0.15, 0.2) is 40.7 Å². The van der Waals surface area contributed by atoms with E-state index in [1.807, 2.05) is 24.3 Å². The van der Waals surface area contributed by atoms with Gasteiger partial charge in [0, 0.05) is 42.2 Å². The third-order valence-electron chi connectivity index (χ3n) is 4.93. The van der Waals surface area contributed by atoms with Gasteiger partial charge in [0.25, 0.3) is 0 Å². The van der Waals surface area contributed by atoms with Gasteiger partial charge in [0.05, 0.1) is 6.54 Å². The maximum atomic E-state index is 4.83. The second kappa shape index (κ2) is 9.74. The monoisotopic (exact) mass is 385 g/mol. The number of hydrogen-bond donors (Lipinski definition) is 2. The standard InChI is InChI=1S/C21H31N5S/c1-4-22-21(23-15-16(2)19-8-6-14-27-19)25-18-10-12-26(13-11-18)20-9-5-7-17(3)24-20/h5-9,14,16,18H,4,10-13,15H2,1-3H3,(H2,22,23,25). The number of rotatable bonds is 6. The maximum absolute atomic E-state index is 4.83. The predicted molar refractivity (Wildman–Crippen MR) is 116 cm³/mol. The molecule has 2 aromatic heterocycles. The van der Waals surface area contributed by atoms with Crippen LogP contribution in [0.25, 0.3) is 0 Å². The fourth-order valence-corrected chi connectivity index (χ4v) is 4.14. The van der Waals surface area contributed by atoms with Gasteiger partial charge in [0.15, 0.2) is 5.96 Å². The number of guanidine groups is 1. The van der Waals surface area contributed by atoms with Gasteiger partial charge in [-0.15, -0.1) is 11.3 Å². The first-order valence-electron chi connectivity index (χ1n) is 9.92. The van der Waals surface area contributed by atoms with Crippen LogP contribution in [0.1, 0.15) is 43.2 Å². The van der Waals surface area contributed by atoms with Gasteiger partial charge in [-0.1, -0.05) is 19.1 Å². The van der Waals surface area contributed by atoms with Crippen molar-refractivity contribution in [3.8, 4) is 0 Å². The summed E-state index contributed by atoms with van der Waals surface area (Å²) in [7, 11) is 0. The van der Waals surface area contributed by atoms with Gasteiger partial charge in [-0.05, 0) is 50.3 Å². The van der Waals surface area contributed by atoms with E-state index in [0.717, 1.165) is 56.5 Å². The van der Waals surface area contributed by atoms with Gasteiger partial charge >= 0.3 is 0 Å². The maximum Gasteiger partial charge on any atom is 0.191 e. The van der Waals surface area contributed by atoms with E-state index in [4.69, 9.17) is 4.99 Å². The van der Waals surface area contributed by atoms with E-state index < -0.39 is 0 Å². The first kappa shape index (κ1) is 19.7. The molecule has 1 fully saturated rings. The minimum absolute atomic E-state index is 0.453. The molecule has 3 heterocycles. The SMILES string of the molecule is CCNC(=NCC(C)c1cccs1)NC1CCN(c2cccc(C)n2)CC1. The lowest BCUT2D eigenvalue weighted by Gasteiger charge is -2.34. The van der Waals surface area contributed by atoms with Crippen molar-refractivity contribution in [2.75, 3.05) is 31.1 Å². The van der Waals surface area contributed by atoms with Gasteiger partial charge < -0.3 is 15.5 Å². The molecule has 1 unspecified atom stereocenters. The minimum atomic E-state index is 0.453. The van der Waals surface area contributed by atoms with Gasteiger partial charge in [-0.25, -0.2) is 4.98 Å². The molecule has 1 aliphatic heterocycles. The number of thiophene rings is 1. The third kappa shape index (κ3) is 5.70. The molecule has 2 aromatic rings. The third-order valence-corrected chi connectivity index (χ3v) is 6.03. The molecule has 0 aliphatic carbocycles. The number of hydrogen-bond acceptors (Lipinski definition) is 4. The van der Waals surface area contributed by atoms with Crippen LogP contribution in [-0.2, 0) is 0 Å². The lowest BCUT2D eigenvalue weighted by atomic mass is 10.1. The molecule has 1 aliphatic rings. The molecule has 1 saturated heterocycles. The number of nitrogens with one attached hydrogen (secondary N) is 2. The van der Waals surface area contributed by atoms with Crippen molar-refractivity contribution in [2.24, 2.45) is 4.99 Å². The Morgan fingerprint density at radius 1 is 1.30 bits per heavy atom. The molecule has 6 heteroatoms. The van der Waals surface area contributed by atoms with Crippen LogP contribution in [0.2, 0.25) is 0 Å². The summed E-state index contributed by atoms with van der Waals surface area (Å²) in [5.41, 5.74) is 1.08. The molecular weight excluding hydrogens is 354 g/mol. The van der Waals surface area contributed by atoms with Crippen LogP contribution in [-0.4, -0.2) is 43.2 Å². The zero-order chi connectivity index (χ0) is 19.1. The molecule has 27 heavy (non-hydrogen) atoms. The Morgan fingerprint density at radius 3 is 2.78 bits per heavy atom. The molecular formula is C21H31N5S. The van der Waals surface area contributed by atoms with Crippen molar-refractivity contribution in [3.05, 3.63) is 46.3 Å². The highest BCUT2D eigenvalue weighted by molar-refractivity contribution is 7.10. The van der Waals surface area contributed by atoms with Gasteiger partial charge in [0.2, 0.25) is 0 Å². The number of aromatic nitrogens is 1. The summed E-state index contributed by atoms with van der Waals surface area (Å²) in [5.74, 6) is 2.49. The van der Waals surface area contributed by atoms with Gasteiger partial charge in [-0.3, -0.25) is 4.99 Å². The van der Waals surface area contributed by atoms with Crippen LogP contribution in [0, 0.1) is 6.92 Å². The Morgan fingerprint density at radius 2 is 2.11 bits per heavy atom. The van der Waals surface area contributed by atoms with Crippen molar-refractivity contribution in [1.82, 2.24) is 15.6 Å². The molecule has 0 amide bonds. The Balaban J connectivity index is 1.52. The summed E-state index contributed by atoms with van der Waals surface area (Å²) in [4.78, 5) is 13.3. The van der Waals surface area contributed by atoms with Crippen LogP contribution in [0.4, 0.5) is 5.82 Å². The quantitative estimate of drug-likeness (QED) is 0.587. The van der Waals surface area contributed by atoms with Crippen LogP contribution in [0.3, 0.4) is 0 Å². The van der Waals surface area contributed by atoms with Crippen molar-refractivity contribution in [1.29, 1.82) is 0 Å². The molecule has 0 bridgehead atoms. The van der Waals surface area contributed by atoms with Crippen molar-refractivity contribution >= 4 is 23.1 Å². The largest absolute Gasteiger partial charge is 0.357 e. The van der Waals surface area contributed by atoms with E-state index in [2.05, 4.69) is 64.0 Å². The average molecular weight is 386 g/mol. The second-order valence-electron chi connectivity index (χ2n) is 7.18. The summed E-state index contributed by atoms with van der Waals surface area (Å²) in [6.45, 7) is 10.2. The topological polar surface area (TPSA) is 52.6 Å². The summed E-state index contributed by atoms with van der Waals surface area (Å²) in [5, 5.41) is 9.17. The van der Waals surface area contributed by atoms with E-state index >= 15 is 0 Å². The van der Waals surface area contributed by atoms with Crippen molar-refractivity contribution in [2.45, 2.75) is 45.6 Å². The highest BCUT2D eigenvalue weighted by Crippen LogP contribution is 2.21. The summed E-state index contributed by atoms with van der Waals surface area (Å²) >= 11 is 1.81. The molecule has 2 N–H and O–H groups in total. The Hall–Kier alpha value is -2.08. The lowest BCUT2D eigenvalue weighted by Crippen LogP contribution is -2.49. The molecule has 0 spiro atoms. The fraction of sp³-hybridized carbons (Fsp3) is 0.524. The fourth-order valence-electron chi connectivity index (χ4n) is 3.36. The average Bonchev–Trinajstić information content (AvgIpc) is 3.21. The smallest absolute Gasteiger partial charge is 0.191 e. The van der Waals surface area contributed by atoms with Crippen LogP contribution < -0.4 is 15.5 Å². The predicted octanol–water partition coefficient (Wildman–Crippen LogP) is 3.78. The Kier molecular flexibility index (Phi) is 7.10. The molecule has 5 nitrogen and oxygen atoms in total. The number of nitrogens with zero attached hydrogens (tertiary/aromatic N) is 3. The zero-order valence-electron chi connectivity index (χ0n) is 16.6. The van der Waals surface area contributed by atoms with E-state index in [0.29, 0.717) is 12.0 Å². The molecule has 0 radical (unpaired) electrons. The second-order valence-corrected chi connectivity index (χ2v) is 8.16. The van der Waals surface area contributed by atoms with Crippen molar-refractivity contribution in [3.63, 3.8) is 0 Å². The minimum Gasteiger partial charge on any atom is -0.357 e. The summed E-state index contributed by atoms with van der Waals surface area (Å²) in [6.07, 6.45) is 2.20. The Bertz CT molecular complexity index is 720. The summed E-state index contributed by atoms with van der Waals surface area (Å²) in [6, 6.07) is 11.0. The van der Waals surface area contributed by atoms with Crippen LogP contribution in [0.5, 0.6) is 0 Å². The van der Waals surface area contributed by atoms with Crippen molar-refractivity contribution < 1.29 is 0 Å². The molecule has 146 valence electrons. The van der Waals surface area contributed by atoms with Gasteiger partial charge in [-0.2, -0.15) is 0 Å². The highest BCUT2D eigenvalue weighted by Gasteiger charge is 2.21. The highest BCUT2D eigenvalue weighted by atomic mass is 32.1. The van der Waals surface area contributed by atoms with E-state index in [9.17, 15) is 0 Å². The van der Waals surface area contributed by atoms with E-state index in [1.54, 1.807) is 0 Å². The molecule has 0 aromatic carbocycles. The number of piperidine rings is 1. The van der Waals surface area contributed by atoms with Crippen LogP contribution >= 0.6 is 11.3 Å². The number of pyridine rings is 1. The molecule has 3 rings (SSSR count). The van der Waals surface area contributed by atoms with E-state index in [-0.39, 0.29) is 0 Å². The number of aryl methyl sites for hydroxylation is 1. The normalized spacial score (nSPS) is 17.0. The first-order valence-corrected chi connectivity index (χ1v) is 10.8. The summed E-state index contributed by atoms with van der Waals surface area (Å²) < 4.78 is 0. The van der Waals surface area contributed by atoms with Gasteiger partial charge in [0.1, 0.15) is 5.82 Å². The lowest BCUT2D eigenvalue weighted by molar-refractivity contribution is 0.459. The molecule has 1 atom stereocenters.